The van der Waals surface area contributed by atoms with E-state index >= 15 is 0 Å². The first kappa shape index (κ1) is 12.5. The van der Waals surface area contributed by atoms with Gasteiger partial charge in [-0.25, -0.2) is 9.97 Å². The van der Waals surface area contributed by atoms with Gasteiger partial charge in [-0.3, -0.25) is 9.59 Å². The zero-order valence-electron chi connectivity index (χ0n) is 9.93. The van der Waals surface area contributed by atoms with E-state index in [1.165, 1.54) is 30.9 Å². The van der Waals surface area contributed by atoms with Crippen molar-refractivity contribution in [1.29, 1.82) is 0 Å². The molecule has 92 valence electrons. The number of nitrogens with one attached hydrogen (secondary N) is 1. The lowest BCUT2D eigenvalue weighted by Gasteiger charge is -2.01. The summed E-state index contributed by atoms with van der Waals surface area (Å²) in [4.78, 5) is 33.3. The van der Waals surface area contributed by atoms with E-state index in [1.807, 2.05) is 0 Å². The first-order chi connectivity index (χ1) is 8.54. The van der Waals surface area contributed by atoms with Gasteiger partial charge in [-0.1, -0.05) is 0 Å². The fourth-order valence-electron chi connectivity index (χ4n) is 1.35. The molecule has 0 unspecified atom stereocenters. The van der Waals surface area contributed by atoms with Crippen LogP contribution in [0.2, 0.25) is 0 Å². The summed E-state index contributed by atoms with van der Waals surface area (Å²) in [6.45, 7) is 3.25. The number of aromatic nitrogens is 3. The molecule has 0 amide bonds. The summed E-state index contributed by atoms with van der Waals surface area (Å²) in [5.74, 6) is -0.0267. The van der Waals surface area contributed by atoms with Crippen LogP contribution in [0, 0.1) is 6.92 Å². The molecule has 0 atom stereocenters. The number of rotatable bonds is 3. The molecule has 0 saturated heterocycles. The smallest absolute Gasteiger partial charge is 0.251 e. The summed E-state index contributed by atoms with van der Waals surface area (Å²) in [6, 6.07) is 4.85. The predicted molar refractivity (Wildman–Crippen MR) is 68.0 cm³/mol. The van der Waals surface area contributed by atoms with Gasteiger partial charge in [-0.05, 0) is 37.7 Å². The molecule has 0 aliphatic heterocycles. The van der Waals surface area contributed by atoms with Gasteiger partial charge in [-0.15, -0.1) is 0 Å². The van der Waals surface area contributed by atoms with E-state index < -0.39 is 0 Å². The first-order valence-electron chi connectivity index (χ1n) is 5.27. The highest BCUT2D eigenvalue weighted by Crippen LogP contribution is 2.21. The highest BCUT2D eigenvalue weighted by atomic mass is 32.2. The molecular weight excluding hydrogens is 250 g/mol. The number of nitrogens with zero attached hydrogens (tertiary/aromatic N) is 2. The molecule has 5 nitrogen and oxygen atoms in total. The van der Waals surface area contributed by atoms with Crippen LogP contribution in [0.15, 0.2) is 39.4 Å². The maximum absolute atomic E-state index is 11.3. The van der Waals surface area contributed by atoms with Crippen LogP contribution in [0.25, 0.3) is 0 Å². The quantitative estimate of drug-likeness (QED) is 0.673. The summed E-state index contributed by atoms with van der Waals surface area (Å²) in [5.41, 5.74) is 1.03. The Balaban J connectivity index is 2.23. The fourth-order valence-corrected chi connectivity index (χ4v) is 2.13. The Labute approximate surface area is 108 Å². The Morgan fingerprint density at radius 2 is 2.17 bits per heavy atom. The molecule has 0 aliphatic carbocycles. The number of hydrogen-bond acceptors (Lipinski definition) is 5. The lowest BCUT2D eigenvalue weighted by Crippen LogP contribution is -2.08. The van der Waals surface area contributed by atoms with E-state index in [0.717, 1.165) is 0 Å². The van der Waals surface area contributed by atoms with Crippen molar-refractivity contribution < 1.29 is 4.79 Å². The molecule has 2 heterocycles. The standard InChI is InChI=1S/C12H11N3O2S/c1-7-5-10(17)15-12(14-7)18-11-4-3-9(6-13-11)8(2)16/h3-6H,1-2H3,(H,14,15,17). The largest absolute Gasteiger partial charge is 0.301 e. The van der Waals surface area contributed by atoms with Gasteiger partial charge >= 0.3 is 0 Å². The third-order valence-corrected chi connectivity index (χ3v) is 3.03. The van der Waals surface area contributed by atoms with Gasteiger partial charge < -0.3 is 4.98 Å². The van der Waals surface area contributed by atoms with Crippen molar-refractivity contribution >= 4 is 17.5 Å². The minimum Gasteiger partial charge on any atom is -0.301 e. The Morgan fingerprint density at radius 1 is 1.39 bits per heavy atom. The lowest BCUT2D eigenvalue weighted by atomic mass is 10.2. The number of carbonyl (C=O) groups excluding carboxylic acids is 1. The number of aryl methyl sites for hydroxylation is 1. The van der Waals surface area contributed by atoms with E-state index in [9.17, 15) is 9.59 Å². The number of hydrogen-bond donors (Lipinski definition) is 1. The van der Waals surface area contributed by atoms with Crippen molar-refractivity contribution in [3.63, 3.8) is 0 Å². The molecule has 0 fully saturated rings. The molecule has 0 saturated carbocycles. The zero-order chi connectivity index (χ0) is 13.1. The van der Waals surface area contributed by atoms with E-state index in [1.54, 1.807) is 19.1 Å². The number of H-pyrrole nitrogens is 1. The van der Waals surface area contributed by atoms with Crippen molar-refractivity contribution in [2.75, 3.05) is 0 Å². The van der Waals surface area contributed by atoms with E-state index in [2.05, 4.69) is 15.0 Å². The topological polar surface area (TPSA) is 75.7 Å². The molecule has 0 aromatic carbocycles. The average molecular weight is 261 g/mol. The monoisotopic (exact) mass is 261 g/mol. The highest BCUT2D eigenvalue weighted by molar-refractivity contribution is 7.99. The predicted octanol–water partition coefficient (Wildman–Crippen LogP) is 1.83. The molecule has 2 aromatic heterocycles. The summed E-state index contributed by atoms with van der Waals surface area (Å²) < 4.78 is 0. The first-order valence-corrected chi connectivity index (χ1v) is 6.09. The summed E-state index contributed by atoms with van der Waals surface area (Å²) in [5, 5.41) is 1.16. The molecule has 18 heavy (non-hydrogen) atoms. The van der Waals surface area contributed by atoms with Crippen LogP contribution in [-0.4, -0.2) is 20.7 Å². The van der Waals surface area contributed by atoms with Gasteiger partial charge in [0.25, 0.3) is 5.56 Å². The second-order valence-electron chi connectivity index (χ2n) is 3.74. The number of pyridine rings is 1. The molecule has 0 radical (unpaired) electrons. The Morgan fingerprint density at radius 3 is 2.72 bits per heavy atom. The molecule has 0 spiro atoms. The summed E-state index contributed by atoms with van der Waals surface area (Å²) in [6.07, 6.45) is 1.51. The van der Waals surface area contributed by atoms with E-state index in [0.29, 0.717) is 21.4 Å². The van der Waals surface area contributed by atoms with Crippen molar-refractivity contribution in [2.45, 2.75) is 24.0 Å². The van der Waals surface area contributed by atoms with Gasteiger partial charge in [0, 0.05) is 23.5 Å². The Hall–Kier alpha value is -1.95. The normalized spacial score (nSPS) is 10.3. The van der Waals surface area contributed by atoms with Gasteiger partial charge in [0.05, 0.1) is 0 Å². The highest BCUT2D eigenvalue weighted by Gasteiger charge is 2.04. The van der Waals surface area contributed by atoms with Crippen LogP contribution in [-0.2, 0) is 0 Å². The van der Waals surface area contributed by atoms with Crippen LogP contribution in [0.3, 0.4) is 0 Å². The van der Waals surface area contributed by atoms with Crippen LogP contribution in [0.4, 0.5) is 0 Å². The van der Waals surface area contributed by atoms with Crippen molar-refractivity contribution in [3.8, 4) is 0 Å². The molecule has 2 rings (SSSR count). The summed E-state index contributed by atoms with van der Waals surface area (Å²) in [7, 11) is 0. The van der Waals surface area contributed by atoms with Gasteiger partial charge in [-0.2, -0.15) is 0 Å². The molecule has 6 heteroatoms. The molecular formula is C12H11N3O2S. The van der Waals surface area contributed by atoms with Crippen molar-refractivity contribution in [1.82, 2.24) is 15.0 Å². The van der Waals surface area contributed by atoms with Gasteiger partial charge in [0.2, 0.25) is 0 Å². The lowest BCUT2D eigenvalue weighted by molar-refractivity contribution is 0.101. The third kappa shape index (κ3) is 3.04. The number of carbonyl (C=O) groups is 1. The third-order valence-electron chi connectivity index (χ3n) is 2.19. The molecule has 0 aliphatic rings. The Kier molecular flexibility index (Phi) is 3.57. The van der Waals surface area contributed by atoms with E-state index in [4.69, 9.17) is 0 Å². The number of ketones is 1. The minimum absolute atomic E-state index is 0.0267. The van der Waals surface area contributed by atoms with Crippen molar-refractivity contribution in [3.05, 3.63) is 46.0 Å². The van der Waals surface area contributed by atoms with Crippen molar-refractivity contribution in [2.24, 2.45) is 0 Å². The number of Topliss-reactive ketones (excluding diaryl/α,β-unsaturated/α-hetero) is 1. The second kappa shape index (κ2) is 5.14. The summed E-state index contributed by atoms with van der Waals surface area (Å²) >= 11 is 1.25. The minimum atomic E-state index is -0.189. The second-order valence-corrected chi connectivity index (χ2v) is 4.74. The zero-order valence-corrected chi connectivity index (χ0v) is 10.7. The maximum atomic E-state index is 11.3. The van der Waals surface area contributed by atoms with Crippen LogP contribution < -0.4 is 5.56 Å². The fraction of sp³-hybridized carbons (Fsp3) is 0.167. The van der Waals surface area contributed by atoms with E-state index in [-0.39, 0.29) is 11.3 Å². The molecule has 1 N–H and O–H groups in total. The van der Waals surface area contributed by atoms with Gasteiger partial charge in [0.15, 0.2) is 10.9 Å². The molecule has 0 bridgehead atoms. The van der Waals surface area contributed by atoms with Crippen LogP contribution in [0.1, 0.15) is 23.0 Å². The van der Waals surface area contributed by atoms with Gasteiger partial charge in [0.1, 0.15) is 5.03 Å². The maximum Gasteiger partial charge on any atom is 0.251 e. The number of aromatic amines is 1. The average Bonchev–Trinajstić information content (AvgIpc) is 2.28. The van der Waals surface area contributed by atoms with Crippen LogP contribution >= 0.6 is 11.8 Å². The van der Waals surface area contributed by atoms with Crippen LogP contribution in [0.5, 0.6) is 0 Å². The SMILES string of the molecule is CC(=O)c1ccc(Sc2nc(C)cc(=O)[nH]2)nc1. The molecule has 2 aromatic rings. The Bertz CT molecular complexity index is 635.